The zero-order valence-electron chi connectivity index (χ0n) is 6.77. The molecule has 3 nitrogen and oxygen atoms in total. The molecule has 0 amide bonds. The Hall–Kier alpha value is -0.297. The Balaban J connectivity index is 0. The Kier molecular flexibility index (Phi) is 10.4. The molecule has 0 spiro atoms. The first-order chi connectivity index (χ1) is 5.22. The van der Waals surface area contributed by atoms with Crippen LogP contribution in [0.5, 0.6) is 5.75 Å². The SMILES string of the molecule is Cc1ccccc1O.O=PO.[Zn]. The van der Waals surface area contributed by atoms with Gasteiger partial charge in [0.2, 0.25) is 0 Å². The van der Waals surface area contributed by atoms with Crippen LogP contribution in [-0.2, 0) is 24.0 Å². The van der Waals surface area contributed by atoms with Gasteiger partial charge in [0.05, 0.1) is 0 Å². The number of rotatable bonds is 0. The van der Waals surface area contributed by atoms with Crippen LogP contribution in [0.4, 0.5) is 0 Å². The maximum Gasteiger partial charge on any atom is 0.324 e. The van der Waals surface area contributed by atoms with Crippen LogP contribution in [0.1, 0.15) is 5.56 Å². The summed E-state index contributed by atoms with van der Waals surface area (Å²) in [5.74, 6) is 0.368. The summed E-state index contributed by atoms with van der Waals surface area (Å²) in [7, 11) is -0.833. The molecule has 2 N–H and O–H groups in total. The average Bonchev–Trinajstić information content (AvgIpc) is 1.97. The second kappa shape index (κ2) is 8.80. The van der Waals surface area contributed by atoms with E-state index in [0.29, 0.717) is 5.75 Å². The summed E-state index contributed by atoms with van der Waals surface area (Å²) in [5.41, 5.74) is 0.924. The summed E-state index contributed by atoms with van der Waals surface area (Å²) in [6.07, 6.45) is 0. The third-order valence-corrected chi connectivity index (χ3v) is 1.12. The van der Waals surface area contributed by atoms with Gasteiger partial charge < -0.3 is 10.00 Å². The van der Waals surface area contributed by atoms with E-state index in [4.69, 9.17) is 14.6 Å². The number of aromatic hydroxyl groups is 1. The Morgan fingerprint density at radius 2 is 1.75 bits per heavy atom. The molecule has 12 heavy (non-hydrogen) atoms. The molecule has 1 aromatic rings. The molecule has 1 rings (SSSR count). The Morgan fingerprint density at radius 3 is 2.00 bits per heavy atom. The number of phenolic OH excluding ortho intramolecular Hbond substituents is 1. The Bertz CT molecular complexity index is 209. The molecule has 0 aromatic heterocycles. The van der Waals surface area contributed by atoms with Crippen LogP contribution in [0, 0.1) is 6.92 Å². The minimum absolute atomic E-state index is 0. The number of benzene rings is 1. The van der Waals surface area contributed by atoms with Crippen LogP contribution < -0.4 is 0 Å². The first-order valence-corrected chi connectivity index (χ1v) is 3.70. The summed E-state index contributed by atoms with van der Waals surface area (Å²) in [6, 6.07) is 7.25. The fourth-order valence-corrected chi connectivity index (χ4v) is 0.563. The van der Waals surface area contributed by atoms with Crippen molar-refractivity contribution in [1.82, 2.24) is 0 Å². The summed E-state index contributed by atoms with van der Waals surface area (Å²) in [5, 5.41) is 8.92. The molecule has 0 aliphatic heterocycles. The number of para-hydroxylation sites is 1. The molecule has 0 radical (unpaired) electrons. The summed E-state index contributed by atoms with van der Waals surface area (Å²) in [4.78, 5) is 6.99. The topological polar surface area (TPSA) is 57.5 Å². The number of aryl methyl sites for hydroxylation is 1. The molecule has 0 saturated carbocycles. The van der Waals surface area contributed by atoms with E-state index in [2.05, 4.69) is 0 Å². The zero-order valence-corrected chi connectivity index (χ0v) is 10.6. The molecule has 5 heteroatoms. The Labute approximate surface area is 85.5 Å². The van der Waals surface area contributed by atoms with Crippen molar-refractivity contribution in [3.63, 3.8) is 0 Å². The van der Waals surface area contributed by atoms with E-state index in [9.17, 15) is 0 Å². The minimum Gasteiger partial charge on any atom is -0.508 e. The minimum atomic E-state index is -0.833. The van der Waals surface area contributed by atoms with E-state index in [1.165, 1.54) is 0 Å². The number of phenols is 1. The molecule has 0 atom stereocenters. The van der Waals surface area contributed by atoms with Crippen molar-refractivity contribution in [2.45, 2.75) is 6.92 Å². The van der Waals surface area contributed by atoms with Gasteiger partial charge in [-0.2, -0.15) is 0 Å². The predicted molar refractivity (Wildman–Crippen MR) is 42.7 cm³/mol. The van der Waals surface area contributed by atoms with Gasteiger partial charge >= 0.3 is 8.69 Å². The number of hydrogen-bond donors (Lipinski definition) is 2. The van der Waals surface area contributed by atoms with Crippen LogP contribution >= 0.6 is 8.69 Å². The monoisotopic (exact) mass is 236 g/mol. The quantitative estimate of drug-likeness (QED) is 0.535. The van der Waals surface area contributed by atoms with E-state index in [1.807, 2.05) is 25.1 Å². The summed E-state index contributed by atoms with van der Waals surface area (Å²) < 4.78 is 8.46. The van der Waals surface area contributed by atoms with Crippen molar-refractivity contribution in [3.8, 4) is 5.75 Å². The van der Waals surface area contributed by atoms with Crippen LogP contribution in [0.25, 0.3) is 0 Å². The predicted octanol–water partition coefficient (Wildman–Crippen LogP) is 1.88. The van der Waals surface area contributed by atoms with Crippen molar-refractivity contribution in [2.24, 2.45) is 0 Å². The summed E-state index contributed by atoms with van der Waals surface area (Å²) >= 11 is 0. The molecular weight excluding hydrogens is 228 g/mol. The van der Waals surface area contributed by atoms with E-state index in [0.717, 1.165) is 5.56 Å². The largest absolute Gasteiger partial charge is 0.508 e. The smallest absolute Gasteiger partial charge is 0.324 e. The second-order valence-corrected chi connectivity index (χ2v) is 2.03. The fraction of sp³-hybridized carbons (Fsp3) is 0.143. The molecule has 0 unspecified atom stereocenters. The van der Waals surface area contributed by atoms with Crippen LogP contribution in [0.2, 0.25) is 0 Å². The van der Waals surface area contributed by atoms with Gasteiger partial charge in [0, 0.05) is 19.5 Å². The van der Waals surface area contributed by atoms with Gasteiger partial charge in [-0.05, 0) is 18.6 Å². The van der Waals surface area contributed by atoms with Crippen molar-refractivity contribution in [1.29, 1.82) is 0 Å². The molecule has 0 heterocycles. The molecule has 0 bridgehead atoms. The molecular formula is C7H9O3PZn. The average molecular weight is 238 g/mol. The maximum absolute atomic E-state index is 8.92. The molecule has 0 aliphatic rings. The van der Waals surface area contributed by atoms with Crippen LogP contribution in [0.15, 0.2) is 24.3 Å². The van der Waals surface area contributed by atoms with Gasteiger partial charge in [0.15, 0.2) is 0 Å². The van der Waals surface area contributed by atoms with Crippen LogP contribution in [-0.4, -0.2) is 10.00 Å². The van der Waals surface area contributed by atoms with Gasteiger partial charge in [-0.15, -0.1) is 0 Å². The van der Waals surface area contributed by atoms with Crippen LogP contribution in [0.3, 0.4) is 0 Å². The van der Waals surface area contributed by atoms with Gasteiger partial charge in [0.25, 0.3) is 0 Å². The van der Waals surface area contributed by atoms with Crippen molar-refractivity contribution in [3.05, 3.63) is 29.8 Å². The molecule has 62 valence electrons. The van der Waals surface area contributed by atoms with E-state index >= 15 is 0 Å². The molecule has 0 aliphatic carbocycles. The molecule has 1 aromatic carbocycles. The fourth-order valence-electron chi connectivity index (χ4n) is 0.563. The van der Waals surface area contributed by atoms with E-state index in [-0.39, 0.29) is 19.5 Å². The zero-order chi connectivity index (χ0) is 8.69. The second-order valence-electron chi connectivity index (χ2n) is 1.87. The third kappa shape index (κ3) is 6.42. The molecule has 0 saturated heterocycles. The standard InChI is InChI=1S/C7H8O.HO2P.Zn/c1-6-4-2-3-5-7(6)8;1-3-2;/h2-5,8H,1H3;(H,1,2);. The maximum atomic E-state index is 8.92. The van der Waals surface area contributed by atoms with E-state index < -0.39 is 8.69 Å². The first kappa shape index (κ1) is 14.2. The summed E-state index contributed by atoms with van der Waals surface area (Å²) in [6.45, 7) is 1.87. The van der Waals surface area contributed by atoms with Gasteiger partial charge in [-0.1, -0.05) is 18.2 Å². The molecule has 0 fully saturated rings. The van der Waals surface area contributed by atoms with E-state index in [1.54, 1.807) is 6.07 Å². The van der Waals surface area contributed by atoms with Gasteiger partial charge in [-0.3, -0.25) is 0 Å². The van der Waals surface area contributed by atoms with Crippen molar-refractivity contribution >= 4 is 8.69 Å². The normalized spacial score (nSPS) is 7.83. The van der Waals surface area contributed by atoms with Gasteiger partial charge in [-0.25, -0.2) is 4.57 Å². The van der Waals surface area contributed by atoms with Crippen molar-refractivity contribution < 1.29 is 34.0 Å². The van der Waals surface area contributed by atoms with Gasteiger partial charge in [0.1, 0.15) is 5.75 Å². The number of hydrogen-bond acceptors (Lipinski definition) is 2. The third-order valence-electron chi connectivity index (χ3n) is 1.12. The Morgan fingerprint density at radius 1 is 1.33 bits per heavy atom. The van der Waals surface area contributed by atoms with Crippen molar-refractivity contribution in [2.75, 3.05) is 0 Å². The first-order valence-electron chi connectivity index (χ1n) is 2.93.